The number of rotatable bonds is 4. The number of benzene rings is 2. The van der Waals surface area contributed by atoms with Gasteiger partial charge in [-0.05, 0) is 41.0 Å². The highest BCUT2D eigenvalue weighted by Crippen LogP contribution is 2.45. The Morgan fingerprint density at radius 2 is 1.96 bits per heavy atom. The van der Waals surface area contributed by atoms with Crippen LogP contribution in [0.5, 0.6) is 0 Å². The largest absolute Gasteiger partial charge is 0.454 e. The predicted octanol–water partition coefficient (Wildman–Crippen LogP) is 4.44. The number of hydrogen-bond acceptors (Lipinski definition) is 4. The Balaban J connectivity index is 2.20. The average Bonchev–Trinajstić information content (AvgIpc) is 2.87. The quantitative estimate of drug-likeness (QED) is 0.670. The third kappa shape index (κ3) is 3.89. The molecule has 1 aliphatic carbocycles. The van der Waals surface area contributed by atoms with Crippen LogP contribution in [0, 0.1) is 5.82 Å². The lowest BCUT2D eigenvalue weighted by Gasteiger charge is -2.19. The van der Waals surface area contributed by atoms with Crippen molar-refractivity contribution in [2.24, 2.45) is 0 Å². The van der Waals surface area contributed by atoms with Crippen LogP contribution < -0.4 is 0 Å². The fourth-order valence-electron chi connectivity index (χ4n) is 3.46. The van der Waals surface area contributed by atoms with Crippen LogP contribution in [0.25, 0.3) is 0 Å². The van der Waals surface area contributed by atoms with Gasteiger partial charge < -0.3 is 4.74 Å². The van der Waals surface area contributed by atoms with E-state index in [9.17, 15) is 22.0 Å². The average molecular weight is 433 g/mol. The SMILES string of the molecule is CC(=O)O[C@H]1c2c(S(C)(=O)=O)ccc([C@H](F)c3cc(F)cc(Cl)c3)c2C[C@H]1F. The topological polar surface area (TPSA) is 60.4 Å². The van der Waals surface area contributed by atoms with E-state index in [4.69, 9.17) is 16.3 Å². The molecular formula is C19H16ClF3O4S. The summed E-state index contributed by atoms with van der Waals surface area (Å²) in [6, 6.07) is 5.58. The first-order chi connectivity index (χ1) is 13.0. The van der Waals surface area contributed by atoms with Gasteiger partial charge in [-0.2, -0.15) is 0 Å². The van der Waals surface area contributed by atoms with Gasteiger partial charge in [-0.25, -0.2) is 21.6 Å². The van der Waals surface area contributed by atoms with Gasteiger partial charge in [0, 0.05) is 30.2 Å². The molecule has 0 spiro atoms. The van der Waals surface area contributed by atoms with Gasteiger partial charge in [0.25, 0.3) is 0 Å². The summed E-state index contributed by atoms with van der Waals surface area (Å²) < 4.78 is 72.7. The Labute approximate surface area is 165 Å². The van der Waals surface area contributed by atoms with Crippen LogP contribution >= 0.6 is 11.6 Å². The lowest BCUT2D eigenvalue weighted by atomic mass is 9.95. The minimum Gasteiger partial charge on any atom is -0.454 e. The van der Waals surface area contributed by atoms with Crippen molar-refractivity contribution in [2.75, 3.05) is 6.26 Å². The Bertz CT molecular complexity index is 1040. The van der Waals surface area contributed by atoms with Crippen LogP contribution in [0.1, 0.15) is 41.5 Å². The van der Waals surface area contributed by atoms with Crippen molar-refractivity contribution in [3.63, 3.8) is 0 Å². The van der Waals surface area contributed by atoms with E-state index in [2.05, 4.69) is 0 Å². The standard InChI is InChI=1S/C19H16ClF3O4S/c1-9(24)27-19-15(22)8-14-13(3-4-16(17(14)19)28(2,25)26)18(23)10-5-11(20)7-12(21)6-10/h3-7,15,18-19H,8H2,1-2H3/t15-,18-,19-/m1/s1. The van der Waals surface area contributed by atoms with Gasteiger partial charge in [0.1, 0.15) is 12.0 Å². The molecule has 0 aliphatic heterocycles. The van der Waals surface area contributed by atoms with Gasteiger partial charge in [0.2, 0.25) is 0 Å². The highest BCUT2D eigenvalue weighted by Gasteiger charge is 2.41. The second-order valence-electron chi connectivity index (χ2n) is 6.63. The molecule has 0 bridgehead atoms. The third-order valence-corrected chi connectivity index (χ3v) is 5.88. The third-order valence-electron chi connectivity index (χ3n) is 4.51. The molecule has 9 heteroatoms. The summed E-state index contributed by atoms with van der Waals surface area (Å²) in [5.41, 5.74) is -0.102. The zero-order chi connectivity index (χ0) is 20.8. The minimum absolute atomic E-state index is 0.0109. The molecule has 0 radical (unpaired) electrons. The van der Waals surface area contributed by atoms with E-state index >= 15 is 4.39 Å². The minimum atomic E-state index is -3.80. The molecule has 2 aromatic carbocycles. The second kappa shape index (κ2) is 7.40. The zero-order valence-corrected chi connectivity index (χ0v) is 16.5. The van der Waals surface area contributed by atoms with E-state index in [1.807, 2.05) is 0 Å². The van der Waals surface area contributed by atoms with E-state index in [1.54, 1.807) is 0 Å². The summed E-state index contributed by atoms with van der Waals surface area (Å²) in [4.78, 5) is 11.1. The van der Waals surface area contributed by atoms with Gasteiger partial charge >= 0.3 is 5.97 Å². The summed E-state index contributed by atoms with van der Waals surface area (Å²) in [6.07, 6.45) is -4.48. The fourth-order valence-corrected chi connectivity index (χ4v) is 4.64. The van der Waals surface area contributed by atoms with Gasteiger partial charge in [-0.1, -0.05) is 17.7 Å². The molecule has 1 aliphatic rings. The summed E-state index contributed by atoms with van der Waals surface area (Å²) in [7, 11) is -3.80. The second-order valence-corrected chi connectivity index (χ2v) is 9.05. The molecule has 3 atom stereocenters. The van der Waals surface area contributed by atoms with Gasteiger partial charge in [0.05, 0.1) is 4.90 Å². The van der Waals surface area contributed by atoms with Crippen molar-refractivity contribution >= 4 is 27.4 Å². The maximum absolute atomic E-state index is 15.2. The smallest absolute Gasteiger partial charge is 0.303 e. The molecule has 2 aromatic rings. The number of carbonyl (C=O) groups is 1. The van der Waals surface area contributed by atoms with E-state index in [1.165, 1.54) is 12.1 Å². The van der Waals surface area contributed by atoms with Crippen molar-refractivity contribution in [2.45, 2.75) is 36.7 Å². The van der Waals surface area contributed by atoms with E-state index in [0.717, 1.165) is 31.4 Å². The highest BCUT2D eigenvalue weighted by molar-refractivity contribution is 7.90. The van der Waals surface area contributed by atoms with E-state index in [-0.39, 0.29) is 38.6 Å². The van der Waals surface area contributed by atoms with Crippen LogP contribution in [-0.4, -0.2) is 26.8 Å². The van der Waals surface area contributed by atoms with Gasteiger partial charge in [0.15, 0.2) is 22.1 Å². The number of hydrogen-bond donors (Lipinski definition) is 0. The number of ether oxygens (including phenoxy) is 1. The molecule has 150 valence electrons. The Morgan fingerprint density at radius 3 is 2.54 bits per heavy atom. The van der Waals surface area contributed by atoms with Crippen LogP contribution in [0.15, 0.2) is 35.2 Å². The monoisotopic (exact) mass is 432 g/mol. The number of sulfone groups is 1. The first-order valence-corrected chi connectivity index (χ1v) is 10.5. The van der Waals surface area contributed by atoms with Gasteiger partial charge in [-0.3, -0.25) is 4.79 Å². The zero-order valence-electron chi connectivity index (χ0n) is 14.9. The van der Waals surface area contributed by atoms with E-state index in [0.29, 0.717) is 0 Å². The van der Waals surface area contributed by atoms with E-state index < -0.39 is 40.1 Å². The Kier molecular flexibility index (Phi) is 5.46. The number of fused-ring (bicyclic) bond motifs is 1. The summed E-state index contributed by atoms with van der Waals surface area (Å²) in [6.45, 7) is 1.07. The molecule has 28 heavy (non-hydrogen) atoms. The van der Waals surface area contributed by atoms with Crippen molar-refractivity contribution < 1.29 is 31.1 Å². The van der Waals surface area contributed by atoms with Crippen molar-refractivity contribution in [1.82, 2.24) is 0 Å². The molecule has 0 heterocycles. The van der Waals surface area contributed by atoms with Crippen LogP contribution in [0.2, 0.25) is 5.02 Å². The van der Waals surface area contributed by atoms with Crippen molar-refractivity contribution in [1.29, 1.82) is 0 Å². The molecule has 0 saturated carbocycles. The lowest BCUT2D eigenvalue weighted by molar-refractivity contribution is -0.149. The summed E-state index contributed by atoms with van der Waals surface area (Å²) >= 11 is 5.78. The summed E-state index contributed by atoms with van der Waals surface area (Å²) in [5, 5.41) is -0.0109. The number of esters is 1. The molecule has 0 fully saturated rings. The number of halogens is 4. The Morgan fingerprint density at radius 1 is 1.29 bits per heavy atom. The van der Waals surface area contributed by atoms with Crippen molar-refractivity contribution in [3.8, 4) is 0 Å². The normalized spacial score (nSPS) is 19.9. The maximum Gasteiger partial charge on any atom is 0.303 e. The molecule has 3 rings (SSSR count). The highest BCUT2D eigenvalue weighted by atomic mass is 35.5. The molecular weight excluding hydrogens is 417 g/mol. The predicted molar refractivity (Wildman–Crippen MR) is 97.0 cm³/mol. The van der Waals surface area contributed by atoms with Gasteiger partial charge in [-0.15, -0.1) is 0 Å². The number of alkyl halides is 2. The first-order valence-electron chi connectivity index (χ1n) is 8.26. The van der Waals surface area contributed by atoms with Crippen LogP contribution in [0.4, 0.5) is 13.2 Å². The van der Waals surface area contributed by atoms with Crippen LogP contribution in [-0.2, 0) is 25.8 Å². The molecule has 0 amide bonds. The molecule has 0 unspecified atom stereocenters. The molecule has 0 aromatic heterocycles. The summed E-state index contributed by atoms with van der Waals surface area (Å²) in [5.74, 6) is -1.53. The fraction of sp³-hybridized carbons (Fsp3) is 0.316. The lowest BCUT2D eigenvalue weighted by Crippen LogP contribution is -2.17. The maximum atomic E-state index is 15.2. The molecule has 4 nitrogen and oxygen atoms in total. The number of carbonyl (C=O) groups excluding carboxylic acids is 1. The first kappa shape index (κ1) is 20.7. The molecule has 0 saturated heterocycles. The molecule has 0 N–H and O–H groups in total. The van der Waals surface area contributed by atoms with Crippen molar-refractivity contribution in [3.05, 3.63) is 63.4 Å². The Hall–Kier alpha value is -2.06. The van der Waals surface area contributed by atoms with Crippen LogP contribution in [0.3, 0.4) is 0 Å².